The van der Waals surface area contributed by atoms with Crippen LogP contribution in [0.4, 0.5) is 0 Å². The number of aromatic nitrogens is 2. The number of phenols is 1. The van der Waals surface area contributed by atoms with Gasteiger partial charge in [-0.1, -0.05) is 0 Å². The van der Waals surface area contributed by atoms with Gasteiger partial charge in [0, 0.05) is 7.05 Å². The Morgan fingerprint density at radius 2 is 2.21 bits per heavy atom. The lowest BCUT2D eigenvalue weighted by Crippen LogP contribution is -2.18. The van der Waals surface area contributed by atoms with Crippen LogP contribution in [0.2, 0.25) is 5.28 Å². The molecule has 0 aliphatic heterocycles. The lowest BCUT2D eigenvalue weighted by atomic mass is 10.2. The van der Waals surface area contributed by atoms with Crippen LogP contribution in [0, 0.1) is 0 Å². The van der Waals surface area contributed by atoms with Crippen molar-refractivity contribution in [3.05, 3.63) is 33.8 Å². The molecule has 0 spiro atoms. The van der Waals surface area contributed by atoms with Gasteiger partial charge in [0.25, 0.3) is 5.56 Å². The van der Waals surface area contributed by atoms with Gasteiger partial charge in [-0.3, -0.25) is 9.36 Å². The number of phenolic OH excluding ortho intramolecular Hbond substituents is 1. The molecule has 1 aromatic heterocycles. The first-order chi connectivity index (χ1) is 6.59. The summed E-state index contributed by atoms with van der Waals surface area (Å²) < 4.78 is 1.23. The largest absolute Gasteiger partial charge is 0.508 e. The van der Waals surface area contributed by atoms with Crippen LogP contribution in [0.5, 0.6) is 5.75 Å². The second kappa shape index (κ2) is 2.99. The molecular formula is C9H7ClN2O2. The summed E-state index contributed by atoms with van der Waals surface area (Å²) in [5, 5.41) is 9.70. The molecule has 2 rings (SSSR count). The third kappa shape index (κ3) is 1.24. The molecule has 1 heterocycles. The quantitative estimate of drug-likeness (QED) is 0.667. The van der Waals surface area contributed by atoms with E-state index in [1.807, 2.05) is 0 Å². The molecule has 4 nitrogen and oxygen atoms in total. The van der Waals surface area contributed by atoms with Crippen molar-refractivity contribution in [3.8, 4) is 5.75 Å². The van der Waals surface area contributed by atoms with Crippen LogP contribution in [0.1, 0.15) is 0 Å². The van der Waals surface area contributed by atoms with E-state index in [2.05, 4.69) is 4.98 Å². The van der Waals surface area contributed by atoms with Crippen molar-refractivity contribution in [1.82, 2.24) is 9.55 Å². The Balaban J connectivity index is 2.99. The van der Waals surface area contributed by atoms with Gasteiger partial charge in [0.05, 0.1) is 10.9 Å². The van der Waals surface area contributed by atoms with Crippen molar-refractivity contribution in [3.63, 3.8) is 0 Å². The van der Waals surface area contributed by atoms with E-state index in [1.54, 1.807) is 6.07 Å². The molecule has 5 heteroatoms. The van der Waals surface area contributed by atoms with Crippen molar-refractivity contribution in [1.29, 1.82) is 0 Å². The molecule has 0 atom stereocenters. The van der Waals surface area contributed by atoms with Gasteiger partial charge in [-0.25, -0.2) is 4.98 Å². The normalized spacial score (nSPS) is 10.7. The molecule has 0 saturated heterocycles. The molecule has 0 radical (unpaired) electrons. The van der Waals surface area contributed by atoms with Gasteiger partial charge in [-0.2, -0.15) is 0 Å². The first kappa shape index (κ1) is 9.02. The Kier molecular flexibility index (Phi) is 1.93. The van der Waals surface area contributed by atoms with Crippen LogP contribution < -0.4 is 5.56 Å². The molecule has 0 aliphatic carbocycles. The number of hydrogen-bond acceptors (Lipinski definition) is 3. The first-order valence-electron chi connectivity index (χ1n) is 3.95. The fourth-order valence-electron chi connectivity index (χ4n) is 1.23. The SMILES string of the molecule is Cn1c(Cl)nc2ccc(O)cc2c1=O. The standard InChI is InChI=1S/C9H7ClN2O2/c1-12-8(14)6-4-5(13)2-3-7(6)11-9(12)10/h2-4,13H,1H3. The average Bonchev–Trinajstić information content (AvgIpc) is 2.16. The Labute approximate surface area is 84.4 Å². The lowest BCUT2D eigenvalue weighted by molar-refractivity contribution is 0.476. The van der Waals surface area contributed by atoms with E-state index in [0.717, 1.165) is 0 Å². The maximum atomic E-state index is 11.6. The summed E-state index contributed by atoms with van der Waals surface area (Å²) in [7, 11) is 1.53. The molecule has 72 valence electrons. The van der Waals surface area contributed by atoms with Gasteiger partial charge in [0.15, 0.2) is 0 Å². The first-order valence-corrected chi connectivity index (χ1v) is 4.32. The minimum atomic E-state index is -0.268. The number of nitrogens with zero attached hydrogens (tertiary/aromatic N) is 2. The summed E-state index contributed by atoms with van der Waals surface area (Å²) in [6.45, 7) is 0. The molecule has 14 heavy (non-hydrogen) atoms. The maximum Gasteiger partial charge on any atom is 0.262 e. The number of aromatic hydroxyl groups is 1. The number of benzene rings is 1. The highest BCUT2D eigenvalue weighted by atomic mass is 35.5. The Hall–Kier alpha value is -1.55. The van der Waals surface area contributed by atoms with Crippen molar-refractivity contribution in [2.75, 3.05) is 0 Å². The Morgan fingerprint density at radius 3 is 2.93 bits per heavy atom. The molecule has 0 bridgehead atoms. The molecule has 0 aliphatic rings. The second-order valence-corrected chi connectivity index (χ2v) is 3.28. The maximum absolute atomic E-state index is 11.6. The molecule has 0 fully saturated rings. The van der Waals surface area contributed by atoms with E-state index in [-0.39, 0.29) is 16.6 Å². The van der Waals surface area contributed by atoms with Crippen LogP contribution in [-0.2, 0) is 7.05 Å². The zero-order valence-electron chi connectivity index (χ0n) is 7.36. The minimum absolute atomic E-state index is 0.0405. The smallest absolute Gasteiger partial charge is 0.262 e. The van der Waals surface area contributed by atoms with Crippen LogP contribution >= 0.6 is 11.6 Å². The van der Waals surface area contributed by atoms with Crippen molar-refractivity contribution in [2.45, 2.75) is 0 Å². The summed E-state index contributed by atoms with van der Waals surface area (Å²) in [5.41, 5.74) is 0.215. The highest BCUT2D eigenvalue weighted by Gasteiger charge is 2.06. The molecule has 1 N–H and O–H groups in total. The topological polar surface area (TPSA) is 55.1 Å². The van der Waals surface area contributed by atoms with Gasteiger partial charge in [0.2, 0.25) is 5.28 Å². The minimum Gasteiger partial charge on any atom is -0.508 e. The fraction of sp³-hybridized carbons (Fsp3) is 0.111. The van der Waals surface area contributed by atoms with E-state index in [0.29, 0.717) is 10.9 Å². The van der Waals surface area contributed by atoms with Crippen molar-refractivity contribution >= 4 is 22.5 Å². The van der Waals surface area contributed by atoms with Crippen LogP contribution in [-0.4, -0.2) is 14.7 Å². The van der Waals surface area contributed by atoms with Gasteiger partial charge >= 0.3 is 0 Å². The van der Waals surface area contributed by atoms with E-state index in [9.17, 15) is 9.90 Å². The molecule has 0 unspecified atom stereocenters. The molecule has 1 aromatic carbocycles. The Bertz CT molecular complexity index is 562. The molecule has 0 amide bonds. The van der Waals surface area contributed by atoms with E-state index in [4.69, 9.17) is 11.6 Å². The number of rotatable bonds is 0. The van der Waals surface area contributed by atoms with E-state index in [1.165, 1.54) is 23.7 Å². The molecule has 0 saturated carbocycles. The van der Waals surface area contributed by atoms with Gasteiger partial charge in [-0.15, -0.1) is 0 Å². The zero-order chi connectivity index (χ0) is 10.3. The lowest BCUT2D eigenvalue weighted by Gasteiger charge is -2.03. The van der Waals surface area contributed by atoms with Crippen molar-refractivity contribution in [2.24, 2.45) is 7.05 Å². The highest BCUT2D eigenvalue weighted by Crippen LogP contribution is 2.16. The second-order valence-electron chi connectivity index (χ2n) is 2.95. The number of hydrogen-bond donors (Lipinski definition) is 1. The predicted octanol–water partition coefficient (Wildman–Crippen LogP) is 1.29. The van der Waals surface area contributed by atoms with Crippen LogP contribution in [0.15, 0.2) is 23.0 Å². The number of halogens is 1. The highest BCUT2D eigenvalue weighted by molar-refractivity contribution is 6.28. The molecular weight excluding hydrogens is 204 g/mol. The van der Waals surface area contributed by atoms with E-state index >= 15 is 0 Å². The third-order valence-corrected chi connectivity index (χ3v) is 2.34. The van der Waals surface area contributed by atoms with Crippen LogP contribution in [0.25, 0.3) is 10.9 Å². The summed E-state index contributed by atoms with van der Waals surface area (Å²) in [6.07, 6.45) is 0. The summed E-state index contributed by atoms with van der Waals surface area (Å²) >= 11 is 5.72. The summed E-state index contributed by atoms with van der Waals surface area (Å²) in [5.74, 6) is 0.0405. The van der Waals surface area contributed by atoms with Gasteiger partial charge in [-0.05, 0) is 29.8 Å². The Morgan fingerprint density at radius 1 is 1.50 bits per heavy atom. The summed E-state index contributed by atoms with van der Waals surface area (Å²) in [4.78, 5) is 15.6. The monoisotopic (exact) mass is 210 g/mol. The predicted molar refractivity (Wildman–Crippen MR) is 53.7 cm³/mol. The average molecular weight is 211 g/mol. The van der Waals surface area contributed by atoms with Crippen LogP contribution in [0.3, 0.4) is 0 Å². The summed E-state index contributed by atoms with van der Waals surface area (Å²) in [6, 6.07) is 4.39. The third-order valence-electron chi connectivity index (χ3n) is 2.00. The fourth-order valence-corrected chi connectivity index (χ4v) is 1.40. The van der Waals surface area contributed by atoms with Gasteiger partial charge < -0.3 is 5.11 Å². The van der Waals surface area contributed by atoms with Crippen molar-refractivity contribution < 1.29 is 5.11 Å². The number of fused-ring (bicyclic) bond motifs is 1. The van der Waals surface area contributed by atoms with E-state index < -0.39 is 0 Å². The molecule has 2 aromatic rings. The van der Waals surface area contributed by atoms with Gasteiger partial charge in [0.1, 0.15) is 5.75 Å². The zero-order valence-corrected chi connectivity index (χ0v) is 8.12.